The lowest BCUT2D eigenvalue weighted by Crippen LogP contribution is -2.38. The van der Waals surface area contributed by atoms with Crippen LogP contribution in [0, 0.1) is 19.8 Å². The van der Waals surface area contributed by atoms with Gasteiger partial charge in [0.1, 0.15) is 5.52 Å². The summed E-state index contributed by atoms with van der Waals surface area (Å²) in [5.41, 5.74) is 3.87. The maximum Gasteiger partial charge on any atom is 0.227 e. The number of anilines is 2. The Kier molecular flexibility index (Phi) is 5.46. The first-order valence-electron chi connectivity index (χ1n) is 10.1. The number of fused-ring (bicyclic) bond motifs is 1. The van der Waals surface area contributed by atoms with Gasteiger partial charge in [0, 0.05) is 47.8 Å². The number of carbonyl (C=O) groups excluding carboxylic acids is 1. The van der Waals surface area contributed by atoms with Crippen LogP contribution in [0.2, 0.25) is 5.02 Å². The number of piperidine rings is 1. The lowest BCUT2D eigenvalue weighted by molar-refractivity contribution is -0.120. The number of aryl methyl sites for hydroxylation is 3. The molecule has 1 aliphatic rings. The normalized spacial score (nSPS) is 15.1. The van der Waals surface area contributed by atoms with Gasteiger partial charge in [-0.25, -0.2) is 4.98 Å². The number of nitrogens with zero attached hydrogens (tertiary/aromatic N) is 4. The molecule has 6 nitrogen and oxygen atoms in total. The van der Waals surface area contributed by atoms with E-state index >= 15 is 0 Å². The highest BCUT2D eigenvalue weighted by Gasteiger charge is 2.27. The van der Waals surface area contributed by atoms with Gasteiger partial charge in [0.2, 0.25) is 5.91 Å². The van der Waals surface area contributed by atoms with Gasteiger partial charge < -0.3 is 10.2 Å². The van der Waals surface area contributed by atoms with Crippen molar-refractivity contribution in [1.29, 1.82) is 0 Å². The van der Waals surface area contributed by atoms with E-state index in [1.165, 1.54) is 0 Å². The summed E-state index contributed by atoms with van der Waals surface area (Å²) in [5.74, 6) is 1.02. The largest absolute Gasteiger partial charge is 0.355 e. The zero-order valence-electron chi connectivity index (χ0n) is 17.1. The van der Waals surface area contributed by atoms with Gasteiger partial charge in [0.25, 0.3) is 0 Å². The molecule has 0 aliphatic carbocycles. The Morgan fingerprint density at radius 2 is 2.00 bits per heavy atom. The second kappa shape index (κ2) is 8.03. The fourth-order valence-corrected chi connectivity index (χ4v) is 4.18. The molecule has 0 unspecified atom stereocenters. The summed E-state index contributed by atoms with van der Waals surface area (Å²) in [6, 6.07) is 7.65. The summed E-state index contributed by atoms with van der Waals surface area (Å²) in [4.78, 5) is 19.7. The van der Waals surface area contributed by atoms with Crippen LogP contribution >= 0.6 is 11.6 Å². The summed E-state index contributed by atoms with van der Waals surface area (Å²) in [6.45, 7) is 8.48. The van der Waals surface area contributed by atoms with Gasteiger partial charge >= 0.3 is 0 Å². The van der Waals surface area contributed by atoms with E-state index in [1.807, 2.05) is 49.0 Å². The van der Waals surface area contributed by atoms with Gasteiger partial charge in [-0.2, -0.15) is 5.10 Å². The molecule has 152 valence electrons. The van der Waals surface area contributed by atoms with Crippen molar-refractivity contribution in [2.45, 2.75) is 40.2 Å². The lowest BCUT2D eigenvalue weighted by Gasteiger charge is -2.32. The maximum atomic E-state index is 12.7. The molecule has 1 saturated heterocycles. The van der Waals surface area contributed by atoms with Gasteiger partial charge in [-0.1, -0.05) is 17.7 Å². The molecule has 4 rings (SSSR count). The number of rotatable bonds is 4. The van der Waals surface area contributed by atoms with E-state index in [4.69, 9.17) is 11.6 Å². The van der Waals surface area contributed by atoms with Crippen LogP contribution < -0.4 is 10.2 Å². The van der Waals surface area contributed by atoms with E-state index in [0.29, 0.717) is 5.02 Å². The van der Waals surface area contributed by atoms with Gasteiger partial charge in [0.05, 0.1) is 5.69 Å². The molecule has 29 heavy (non-hydrogen) atoms. The molecule has 0 spiro atoms. The molecule has 2 aromatic heterocycles. The second-order valence-electron chi connectivity index (χ2n) is 7.65. The van der Waals surface area contributed by atoms with Crippen LogP contribution in [0.4, 0.5) is 11.5 Å². The fourth-order valence-electron chi connectivity index (χ4n) is 4.00. The molecule has 1 fully saturated rings. The zero-order valence-corrected chi connectivity index (χ0v) is 17.8. The molecular weight excluding hydrogens is 386 g/mol. The minimum Gasteiger partial charge on any atom is -0.355 e. The first kappa shape index (κ1) is 19.7. The molecule has 1 aromatic carbocycles. The van der Waals surface area contributed by atoms with Gasteiger partial charge in [-0.05, 0) is 57.4 Å². The van der Waals surface area contributed by atoms with E-state index in [2.05, 4.69) is 27.2 Å². The Morgan fingerprint density at radius 1 is 1.24 bits per heavy atom. The first-order chi connectivity index (χ1) is 14.0. The average Bonchev–Trinajstić information content (AvgIpc) is 3.07. The quantitative estimate of drug-likeness (QED) is 0.682. The molecule has 7 heteroatoms. The number of halogens is 1. The minimum absolute atomic E-state index is 0.0108. The zero-order chi connectivity index (χ0) is 20.5. The summed E-state index contributed by atoms with van der Waals surface area (Å²) in [7, 11) is 0. The lowest BCUT2D eigenvalue weighted by atomic mass is 9.95. The number of amides is 1. The third kappa shape index (κ3) is 3.81. The van der Waals surface area contributed by atoms with Crippen LogP contribution in [0.5, 0.6) is 0 Å². The smallest absolute Gasteiger partial charge is 0.227 e. The van der Waals surface area contributed by atoms with Crippen LogP contribution in [-0.2, 0) is 11.3 Å². The standard InChI is InChI=1S/C22H26ClN5O/c1-4-28-20-18(15(3)26-28)7-10-24-21(20)27-11-8-16(9-12-27)22(29)25-17-6-5-14(2)19(23)13-17/h5-7,10,13,16H,4,8-9,11-12H2,1-3H3,(H,25,29). The molecule has 3 heterocycles. The molecule has 0 saturated carbocycles. The highest BCUT2D eigenvalue weighted by atomic mass is 35.5. The molecule has 0 bridgehead atoms. The number of aromatic nitrogens is 3. The minimum atomic E-state index is -0.0108. The Bertz CT molecular complexity index is 1050. The van der Waals surface area contributed by atoms with Gasteiger partial charge in [0.15, 0.2) is 5.82 Å². The van der Waals surface area contributed by atoms with Crippen molar-refractivity contribution in [2.75, 3.05) is 23.3 Å². The van der Waals surface area contributed by atoms with Crippen LogP contribution in [0.3, 0.4) is 0 Å². The maximum absolute atomic E-state index is 12.7. The van der Waals surface area contributed by atoms with Crippen molar-refractivity contribution < 1.29 is 4.79 Å². The number of hydrogen-bond donors (Lipinski definition) is 1. The second-order valence-corrected chi connectivity index (χ2v) is 8.05. The van der Waals surface area contributed by atoms with Gasteiger partial charge in [-0.15, -0.1) is 0 Å². The van der Waals surface area contributed by atoms with E-state index in [1.54, 1.807) is 0 Å². The summed E-state index contributed by atoms with van der Waals surface area (Å²) in [5, 5.41) is 9.47. The monoisotopic (exact) mass is 411 g/mol. The number of carbonyl (C=O) groups is 1. The Balaban J connectivity index is 1.46. The molecular formula is C22H26ClN5O. The first-order valence-corrected chi connectivity index (χ1v) is 10.5. The molecule has 1 amide bonds. The summed E-state index contributed by atoms with van der Waals surface area (Å²) >= 11 is 6.17. The van der Waals surface area contributed by atoms with Crippen LogP contribution in [0.15, 0.2) is 30.5 Å². The molecule has 1 N–H and O–H groups in total. The third-order valence-electron chi connectivity index (χ3n) is 5.73. The fraction of sp³-hybridized carbons (Fsp3) is 0.409. The summed E-state index contributed by atoms with van der Waals surface area (Å²) < 4.78 is 2.02. The van der Waals surface area contributed by atoms with E-state index in [9.17, 15) is 4.79 Å². The Hall–Kier alpha value is -2.60. The predicted molar refractivity (Wildman–Crippen MR) is 118 cm³/mol. The van der Waals surface area contributed by atoms with Crippen molar-refractivity contribution in [1.82, 2.24) is 14.8 Å². The van der Waals surface area contributed by atoms with Crippen molar-refractivity contribution >= 4 is 39.9 Å². The number of benzene rings is 1. The van der Waals surface area contributed by atoms with E-state index in [0.717, 1.165) is 66.1 Å². The SMILES string of the molecule is CCn1nc(C)c2ccnc(N3CCC(C(=O)Nc4ccc(C)c(Cl)c4)CC3)c21. The topological polar surface area (TPSA) is 63.1 Å². The molecule has 1 aliphatic heterocycles. The van der Waals surface area contributed by atoms with Gasteiger partial charge in [-0.3, -0.25) is 9.48 Å². The van der Waals surface area contributed by atoms with Crippen molar-refractivity contribution in [2.24, 2.45) is 5.92 Å². The average molecular weight is 412 g/mol. The van der Waals surface area contributed by atoms with E-state index < -0.39 is 0 Å². The van der Waals surface area contributed by atoms with Crippen molar-refractivity contribution in [3.05, 3.63) is 46.7 Å². The van der Waals surface area contributed by atoms with E-state index in [-0.39, 0.29) is 11.8 Å². The molecule has 0 atom stereocenters. The predicted octanol–water partition coefficient (Wildman–Crippen LogP) is 4.58. The van der Waals surface area contributed by atoms with Crippen LogP contribution in [0.25, 0.3) is 10.9 Å². The summed E-state index contributed by atoms with van der Waals surface area (Å²) in [6.07, 6.45) is 3.44. The Morgan fingerprint density at radius 3 is 2.69 bits per heavy atom. The van der Waals surface area contributed by atoms with Crippen LogP contribution in [-0.4, -0.2) is 33.8 Å². The number of pyridine rings is 1. The third-order valence-corrected chi connectivity index (χ3v) is 6.13. The number of nitrogens with one attached hydrogen (secondary N) is 1. The van der Waals surface area contributed by atoms with Crippen LogP contribution in [0.1, 0.15) is 31.0 Å². The number of hydrogen-bond acceptors (Lipinski definition) is 4. The highest BCUT2D eigenvalue weighted by Crippen LogP contribution is 2.30. The van der Waals surface area contributed by atoms with Crippen molar-refractivity contribution in [3.8, 4) is 0 Å². The Labute approximate surface area is 175 Å². The van der Waals surface area contributed by atoms with Crippen molar-refractivity contribution in [3.63, 3.8) is 0 Å². The molecule has 3 aromatic rings. The molecule has 0 radical (unpaired) electrons. The highest BCUT2D eigenvalue weighted by molar-refractivity contribution is 6.31.